The Morgan fingerprint density at radius 3 is 2.47 bits per heavy atom. The molecule has 1 aliphatic rings. The average Bonchev–Trinajstić information content (AvgIpc) is 2.39. The second-order valence-electron chi connectivity index (χ2n) is 4.72. The summed E-state index contributed by atoms with van der Waals surface area (Å²) in [5, 5.41) is 12.2. The molecular weight excluding hydrogens is 210 g/mol. The molecule has 2 nitrogen and oxygen atoms in total. The van der Waals surface area contributed by atoms with Crippen LogP contribution < -0.4 is 4.90 Å². The number of benzene rings is 2. The Morgan fingerprint density at radius 1 is 0.941 bits per heavy atom. The van der Waals surface area contributed by atoms with Crippen molar-refractivity contribution in [3.05, 3.63) is 42.5 Å². The molecule has 17 heavy (non-hydrogen) atoms. The molecule has 1 N–H and O–H groups in total. The predicted octanol–water partition coefficient (Wildman–Crippen LogP) is 2.80. The molecule has 0 unspecified atom stereocenters. The molecule has 2 aromatic carbocycles. The molecule has 0 atom stereocenters. The van der Waals surface area contributed by atoms with E-state index in [9.17, 15) is 5.11 Å². The standard InChI is InChI=1S/C15H17NO/c17-13-8-10-16(11-9-13)15-7-3-5-12-4-1-2-6-14(12)15/h1-7,13,17H,8-11H2. The molecule has 1 heterocycles. The van der Waals surface area contributed by atoms with Crippen molar-refractivity contribution in [1.82, 2.24) is 0 Å². The highest BCUT2D eigenvalue weighted by Crippen LogP contribution is 2.28. The number of piperidine rings is 1. The number of hydrogen-bond donors (Lipinski definition) is 1. The molecule has 0 amide bonds. The van der Waals surface area contributed by atoms with Crippen LogP contribution >= 0.6 is 0 Å². The van der Waals surface area contributed by atoms with Crippen molar-refractivity contribution < 1.29 is 5.11 Å². The lowest BCUT2D eigenvalue weighted by Gasteiger charge is -2.32. The molecule has 3 rings (SSSR count). The van der Waals surface area contributed by atoms with E-state index in [1.807, 2.05) is 0 Å². The Morgan fingerprint density at radius 2 is 1.65 bits per heavy atom. The van der Waals surface area contributed by atoms with Crippen molar-refractivity contribution in [3.8, 4) is 0 Å². The van der Waals surface area contributed by atoms with Crippen LogP contribution in [0.1, 0.15) is 12.8 Å². The maximum Gasteiger partial charge on any atom is 0.0574 e. The molecule has 2 aromatic rings. The molecular formula is C15H17NO. The van der Waals surface area contributed by atoms with Gasteiger partial charge in [-0.15, -0.1) is 0 Å². The minimum atomic E-state index is -0.110. The zero-order chi connectivity index (χ0) is 11.7. The van der Waals surface area contributed by atoms with E-state index >= 15 is 0 Å². The zero-order valence-electron chi connectivity index (χ0n) is 9.84. The van der Waals surface area contributed by atoms with Crippen LogP contribution in [0.2, 0.25) is 0 Å². The van der Waals surface area contributed by atoms with Gasteiger partial charge in [-0.05, 0) is 24.3 Å². The summed E-state index contributed by atoms with van der Waals surface area (Å²) in [6, 6.07) is 14.9. The Hall–Kier alpha value is -1.54. The van der Waals surface area contributed by atoms with Crippen LogP contribution in [-0.2, 0) is 0 Å². The van der Waals surface area contributed by atoms with E-state index in [2.05, 4.69) is 47.4 Å². The summed E-state index contributed by atoms with van der Waals surface area (Å²) in [5.74, 6) is 0. The second-order valence-corrected chi connectivity index (χ2v) is 4.72. The monoisotopic (exact) mass is 227 g/mol. The molecule has 1 fully saturated rings. The number of nitrogens with zero attached hydrogens (tertiary/aromatic N) is 1. The highest BCUT2D eigenvalue weighted by molar-refractivity contribution is 5.94. The van der Waals surface area contributed by atoms with Crippen molar-refractivity contribution in [2.75, 3.05) is 18.0 Å². The summed E-state index contributed by atoms with van der Waals surface area (Å²) >= 11 is 0. The van der Waals surface area contributed by atoms with Gasteiger partial charge in [-0.25, -0.2) is 0 Å². The van der Waals surface area contributed by atoms with Crippen LogP contribution in [0.4, 0.5) is 5.69 Å². The first-order chi connectivity index (χ1) is 8.34. The minimum Gasteiger partial charge on any atom is -0.393 e. The van der Waals surface area contributed by atoms with Crippen LogP contribution in [0.3, 0.4) is 0 Å². The Bertz CT molecular complexity index is 510. The first-order valence-corrected chi connectivity index (χ1v) is 6.25. The topological polar surface area (TPSA) is 23.5 Å². The Labute approximate surface area is 101 Å². The maximum atomic E-state index is 9.56. The third-order valence-corrected chi connectivity index (χ3v) is 3.57. The number of aliphatic hydroxyl groups excluding tert-OH is 1. The average molecular weight is 227 g/mol. The normalized spacial score (nSPS) is 17.6. The van der Waals surface area contributed by atoms with Gasteiger partial charge in [0.15, 0.2) is 0 Å². The van der Waals surface area contributed by atoms with Gasteiger partial charge in [-0.3, -0.25) is 0 Å². The van der Waals surface area contributed by atoms with Crippen molar-refractivity contribution in [1.29, 1.82) is 0 Å². The van der Waals surface area contributed by atoms with Gasteiger partial charge in [-0.1, -0.05) is 36.4 Å². The molecule has 0 spiro atoms. The maximum absolute atomic E-state index is 9.56. The van der Waals surface area contributed by atoms with Gasteiger partial charge >= 0.3 is 0 Å². The highest BCUT2D eigenvalue weighted by atomic mass is 16.3. The lowest BCUT2D eigenvalue weighted by Crippen LogP contribution is -2.35. The summed E-state index contributed by atoms with van der Waals surface area (Å²) in [6.07, 6.45) is 1.65. The third-order valence-electron chi connectivity index (χ3n) is 3.57. The van der Waals surface area contributed by atoms with Crippen LogP contribution in [0, 0.1) is 0 Å². The number of aliphatic hydroxyl groups is 1. The van der Waals surface area contributed by atoms with Crippen LogP contribution in [0.25, 0.3) is 10.8 Å². The molecule has 88 valence electrons. The molecule has 0 radical (unpaired) electrons. The molecule has 0 aromatic heterocycles. The van der Waals surface area contributed by atoms with E-state index in [0.29, 0.717) is 0 Å². The first-order valence-electron chi connectivity index (χ1n) is 6.25. The minimum absolute atomic E-state index is 0.110. The van der Waals surface area contributed by atoms with E-state index in [4.69, 9.17) is 0 Å². The molecule has 1 saturated heterocycles. The van der Waals surface area contributed by atoms with Gasteiger partial charge < -0.3 is 10.0 Å². The molecule has 2 heteroatoms. The van der Waals surface area contributed by atoms with Crippen LogP contribution in [-0.4, -0.2) is 24.3 Å². The van der Waals surface area contributed by atoms with E-state index in [1.54, 1.807) is 0 Å². The van der Waals surface area contributed by atoms with E-state index in [0.717, 1.165) is 25.9 Å². The van der Waals surface area contributed by atoms with Gasteiger partial charge in [0.05, 0.1) is 6.10 Å². The highest BCUT2D eigenvalue weighted by Gasteiger charge is 2.18. The Kier molecular flexibility index (Phi) is 2.73. The lowest BCUT2D eigenvalue weighted by atomic mass is 10.0. The van der Waals surface area contributed by atoms with Gasteiger partial charge in [0.25, 0.3) is 0 Å². The number of rotatable bonds is 1. The van der Waals surface area contributed by atoms with Gasteiger partial charge in [0.1, 0.15) is 0 Å². The summed E-state index contributed by atoms with van der Waals surface area (Å²) in [5.41, 5.74) is 1.30. The van der Waals surface area contributed by atoms with Gasteiger partial charge in [-0.2, -0.15) is 0 Å². The van der Waals surface area contributed by atoms with Crippen LogP contribution in [0.5, 0.6) is 0 Å². The lowest BCUT2D eigenvalue weighted by molar-refractivity contribution is 0.145. The van der Waals surface area contributed by atoms with Crippen molar-refractivity contribution in [3.63, 3.8) is 0 Å². The quantitative estimate of drug-likeness (QED) is 0.809. The largest absolute Gasteiger partial charge is 0.393 e. The summed E-state index contributed by atoms with van der Waals surface area (Å²) in [6.45, 7) is 1.91. The van der Waals surface area contributed by atoms with Crippen LogP contribution in [0.15, 0.2) is 42.5 Å². The second kappa shape index (κ2) is 4.38. The SMILES string of the molecule is OC1CCN(c2cccc3ccccc23)CC1. The number of fused-ring (bicyclic) bond motifs is 1. The molecule has 0 saturated carbocycles. The molecule has 0 aliphatic carbocycles. The molecule has 1 aliphatic heterocycles. The summed E-state index contributed by atoms with van der Waals surface area (Å²) in [4.78, 5) is 2.38. The van der Waals surface area contributed by atoms with Gasteiger partial charge in [0, 0.05) is 24.2 Å². The number of hydrogen-bond acceptors (Lipinski definition) is 2. The van der Waals surface area contributed by atoms with Crippen molar-refractivity contribution in [2.45, 2.75) is 18.9 Å². The summed E-state index contributed by atoms with van der Waals surface area (Å²) in [7, 11) is 0. The van der Waals surface area contributed by atoms with E-state index in [-0.39, 0.29) is 6.10 Å². The third kappa shape index (κ3) is 2.01. The fraction of sp³-hybridized carbons (Fsp3) is 0.333. The Balaban J connectivity index is 2.00. The van der Waals surface area contributed by atoms with E-state index < -0.39 is 0 Å². The fourth-order valence-corrected chi connectivity index (χ4v) is 2.59. The first kappa shape index (κ1) is 10.6. The van der Waals surface area contributed by atoms with Crippen molar-refractivity contribution in [2.24, 2.45) is 0 Å². The smallest absolute Gasteiger partial charge is 0.0574 e. The number of anilines is 1. The van der Waals surface area contributed by atoms with Crippen molar-refractivity contribution >= 4 is 16.5 Å². The van der Waals surface area contributed by atoms with Gasteiger partial charge in [0.2, 0.25) is 0 Å². The predicted molar refractivity (Wildman–Crippen MR) is 71.4 cm³/mol. The summed E-state index contributed by atoms with van der Waals surface area (Å²) < 4.78 is 0. The fourth-order valence-electron chi connectivity index (χ4n) is 2.59. The van der Waals surface area contributed by atoms with E-state index in [1.165, 1.54) is 16.5 Å². The molecule has 0 bridgehead atoms. The zero-order valence-corrected chi connectivity index (χ0v) is 9.84.